The maximum Gasteiger partial charge on any atom is 0.573 e. The third kappa shape index (κ3) is 6.75. The molecule has 37 heavy (non-hydrogen) atoms. The molecule has 0 aromatic heterocycles. The van der Waals surface area contributed by atoms with Gasteiger partial charge in [-0.1, -0.05) is 36.4 Å². The first-order chi connectivity index (χ1) is 17.4. The Morgan fingerprint density at radius 2 is 1.59 bits per heavy atom. The van der Waals surface area contributed by atoms with Gasteiger partial charge in [-0.2, -0.15) is 22.0 Å². The zero-order valence-corrected chi connectivity index (χ0v) is 18.8. The molecule has 0 fully saturated rings. The van der Waals surface area contributed by atoms with Crippen molar-refractivity contribution in [3.63, 3.8) is 0 Å². The van der Waals surface area contributed by atoms with E-state index in [1.54, 1.807) is 12.1 Å². The average Bonchev–Trinajstić information content (AvgIpc) is 2.80. The summed E-state index contributed by atoms with van der Waals surface area (Å²) in [5.74, 6) is -0.463. The second-order valence-electron chi connectivity index (χ2n) is 8.07. The van der Waals surface area contributed by atoms with E-state index in [2.05, 4.69) is 9.47 Å². The second kappa shape index (κ2) is 10.3. The smallest absolute Gasteiger partial charge is 0.488 e. The molecular formula is C25H19F8NO3. The molecule has 0 unspecified atom stereocenters. The third-order valence-corrected chi connectivity index (χ3v) is 5.55. The standard InChI is InChI=1S/C25H19F8NO3/c26-23(27)36-17-6-2-5-16(13-17)21-14-35-22-19(15-4-1-7-18(12-15)37-25(31,32)33)8-3-9-20(22)34(21)11-10-24(28,29)30/h1-9,12-13,21,23H,10-11,14H2/t21-/m1/s1. The predicted octanol–water partition coefficient (Wildman–Crippen LogP) is 7.75. The molecule has 3 aromatic rings. The summed E-state index contributed by atoms with van der Waals surface area (Å²) in [5.41, 5.74) is 1.28. The lowest BCUT2D eigenvalue weighted by Gasteiger charge is -2.40. The van der Waals surface area contributed by atoms with Crippen LogP contribution in [0, 0.1) is 0 Å². The van der Waals surface area contributed by atoms with Crippen LogP contribution in [0.2, 0.25) is 0 Å². The molecule has 3 aromatic carbocycles. The van der Waals surface area contributed by atoms with Gasteiger partial charge in [-0.25, -0.2) is 0 Å². The van der Waals surface area contributed by atoms with E-state index in [4.69, 9.17) is 4.74 Å². The number of nitrogens with zero attached hydrogens (tertiary/aromatic N) is 1. The maximum atomic E-state index is 13.2. The molecule has 1 heterocycles. The summed E-state index contributed by atoms with van der Waals surface area (Å²) in [7, 11) is 0. The Kier molecular flexibility index (Phi) is 7.37. The van der Waals surface area contributed by atoms with Crippen LogP contribution in [0.25, 0.3) is 11.1 Å². The zero-order valence-electron chi connectivity index (χ0n) is 18.8. The van der Waals surface area contributed by atoms with Gasteiger partial charge in [0.1, 0.15) is 18.1 Å². The van der Waals surface area contributed by atoms with Gasteiger partial charge in [0.15, 0.2) is 5.75 Å². The minimum absolute atomic E-state index is 0.154. The first-order valence-corrected chi connectivity index (χ1v) is 10.9. The number of para-hydroxylation sites is 1. The maximum absolute atomic E-state index is 13.2. The Morgan fingerprint density at radius 3 is 2.30 bits per heavy atom. The average molecular weight is 533 g/mol. The van der Waals surface area contributed by atoms with Gasteiger partial charge in [0, 0.05) is 12.1 Å². The van der Waals surface area contributed by atoms with E-state index in [-0.39, 0.29) is 23.8 Å². The molecule has 0 spiro atoms. The van der Waals surface area contributed by atoms with Crippen molar-refractivity contribution in [1.82, 2.24) is 0 Å². The molecule has 0 radical (unpaired) electrons. The van der Waals surface area contributed by atoms with Crippen LogP contribution in [0.1, 0.15) is 18.0 Å². The molecule has 12 heteroatoms. The summed E-state index contributed by atoms with van der Waals surface area (Å²) < 4.78 is 117. The number of alkyl halides is 8. The summed E-state index contributed by atoms with van der Waals surface area (Å²) in [6, 6.07) is 14.5. The Morgan fingerprint density at radius 1 is 0.892 bits per heavy atom. The molecule has 1 aliphatic heterocycles. The topological polar surface area (TPSA) is 30.9 Å². The van der Waals surface area contributed by atoms with Gasteiger partial charge in [0.25, 0.3) is 0 Å². The Hall–Kier alpha value is -3.70. The summed E-state index contributed by atoms with van der Waals surface area (Å²) in [6.07, 6.45) is -10.6. The second-order valence-corrected chi connectivity index (χ2v) is 8.07. The van der Waals surface area contributed by atoms with Gasteiger partial charge in [0.2, 0.25) is 0 Å². The highest BCUT2D eigenvalue weighted by Gasteiger charge is 2.35. The van der Waals surface area contributed by atoms with Gasteiger partial charge in [-0.15, -0.1) is 13.2 Å². The largest absolute Gasteiger partial charge is 0.573 e. The third-order valence-electron chi connectivity index (χ3n) is 5.55. The number of rotatable bonds is 7. The van der Waals surface area contributed by atoms with Crippen LogP contribution in [0.4, 0.5) is 40.8 Å². The van der Waals surface area contributed by atoms with E-state index < -0.39 is 43.9 Å². The van der Waals surface area contributed by atoms with Gasteiger partial charge < -0.3 is 19.1 Å². The molecule has 0 saturated heterocycles. The molecule has 198 valence electrons. The summed E-state index contributed by atoms with van der Waals surface area (Å²) >= 11 is 0. The summed E-state index contributed by atoms with van der Waals surface area (Å²) in [4.78, 5) is 1.44. The van der Waals surface area contributed by atoms with Gasteiger partial charge in [-0.05, 0) is 41.5 Å². The first-order valence-electron chi connectivity index (χ1n) is 10.9. The Bertz CT molecular complexity index is 1230. The van der Waals surface area contributed by atoms with Crippen LogP contribution in [-0.2, 0) is 0 Å². The molecule has 0 amide bonds. The highest BCUT2D eigenvalue weighted by Crippen LogP contribution is 2.46. The molecule has 1 atom stereocenters. The van der Waals surface area contributed by atoms with Gasteiger partial charge >= 0.3 is 19.2 Å². The number of ether oxygens (including phenoxy) is 3. The minimum atomic E-state index is -4.91. The van der Waals surface area contributed by atoms with Crippen LogP contribution in [0.5, 0.6) is 17.2 Å². The van der Waals surface area contributed by atoms with Crippen LogP contribution in [-0.4, -0.2) is 32.3 Å². The SMILES string of the molecule is FC(F)Oc1cccc([C@H]2COc3c(-c4cccc(OC(F)(F)F)c4)cccc3N2CCC(F)(F)F)c1. The number of halogens is 8. The lowest BCUT2D eigenvalue weighted by Crippen LogP contribution is -2.38. The van der Waals surface area contributed by atoms with Crippen LogP contribution < -0.4 is 19.1 Å². The minimum Gasteiger partial charge on any atom is -0.488 e. The lowest BCUT2D eigenvalue weighted by atomic mass is 9.98. The van der Waals surface area contributed by atoms with E-state index in [0.29, 0.717) is 16.7 Å². The fraction of sp³-hybridized carbons (Fsp3) is 0.280. The Labute approximate surface area is 206 Å². The molecule has 0 N–H and O–H groups in total. The van der Waals surface area contributed by atoms with Crippen molar-refractivity contribution in [2.75, 3.05) is 18.1 Å². The van der Waals surface area contributed by atoms with Crippen molar-refractivity contribution in [3.05, 3.63) is 72.3 Å². The highest BCUT2D eigenvalue weighted by molar-refractivity contribution is 5.80. The normalized spacial score (nSPS) is 15.8. The molecule has 4 nitrogen and oxygen atoms in total. The van der Waals surface area contributed by atoms with Crippen LogP contribution >= 0.6 is 0 Å². The fourth-order valence-electron chi connectivity index (χ4n) is 4.11. The van der Waals surface area contributed by atoms with E-state index in [1.807, 2.05) is 0 Å². The van der Waals surface area contributed by atoms with Crippen molar-refractivity contribution in [3.8, 4) is 28.4 Å². The molecular weight excluding hydrogens is 514 g/mol. The van der Waals surface area contributed by atoms with Crippen molar-refractivity contribution >= 4 is 5.69 Å². The van der Waals surface area contributed by atoms with Gasteiger partial charge in [-0.3, -0.25) is 0 Å². The number of fused-ring (bicyclic) bond motifs is 1. The van der Waals surface area contributed by atoms with Crippen LogP contribution in [0.3, 0.4) is 0 Å². The number of hydrogen-bond donors (Lipinski definition) is 0. The number of hydrogen-bond acceptors (Lipinski definition) is 4. The molecule has 4 rings (SSSR count). The van der Waals surface area contributed by atoms with Crippen molar-refractivity contribution in [1.29, 1.82) is 0 Å². The quantitative estimate of drug-likeness (QED) is 0.291. The molecule has 0 saturated carbocycles. The monoisotopic (exact) mass is 533 g/mol. The van der Waals surface area contributed by atoms with Crippen molar-refractivity contribution < 1.29 is 49.3 Å². The molecule has 1 aliphatic rings. The zero-order chi connectivity index (χ0) is 26.8. The van der Waals surface area contributed by atoms with Gasteiger partial charge in [0.05, 0.1) is 18.2 Å². The fourth-order valence-corrected chi connectivity index (χ4v) is 4.11. The number of benzene rings is 3. The van der Waals surface area contributed by atoms with E-state index in [1.165, 1.54) is 47.4 Å². The summed E-state index contributed by atoms with van der Waals surface area (Å²) in [6.45, 7) is -3.72. The first kappa shape index (κ1) is 26.4. The van der Waals surface area contributed by atoms with Crippen molar-refractivity contribution in [2.24, 2.45) is 0 Å². The molecule has 0 bridgehead atoms. The lowest BCUT2D eigenvalue weighted by molar-refractivity contribution is -0.274. The van der Waals surface area contributed by atoms with Crippen molar-refractivity contribution in [2.45, 2.75) is 31.6 Å². The van der Waals surface area contributed by atoms with Crippen LogP contribution in [0.15, 0.2) is 66.7 Å². The highest BCUT2D eigenvalue weighted by atomic mass is 19.4. The number of anilines is 1. The molecule has 0 aliphatic carbocycles. The van der Waals surface area contributed by atoms with E-state index in [9.17, 15) is 35.1 Å². The van der Waals surface area contributed by atoms with E-state index >= 15 is 0 Å². The van der Waals surface area contributed by atoms with E-state index in [0.717, 1.165) is 12.1 Å². The Balaban J connectivity index is 1.74. The predicted molar refractivity (Wildman–Crippen MR) is 118 cm³/mol. The summed E-state index contributed by atoms with van der Waals surface area (Å²) in [5, 5.41) is 0.